The molecule has 5 nitrogen and oxygen atoms in total. The van der Waals surface area contributed by atoms with Crippen molar-refractivity contribution in [1.82, 2.24) is 14.5 Å². The number of pyridine rings is 1. The number of phenolic OH excluding ortho intramolecular Hbond substituents is 1. The second-order valence-electron chi connectivity index (χ2n) is 15.3. The molecule has 0 aliphatic rings. The molecule has 0 spiro atoms. The van der Waals surface area contributed by atoms with Crippen molar-refractivity contribution in [3.8, 4) is 45.2 Å². The van der Waals surface area contributed by atoms with Crippen LogP contribution in [0.3, 0.4) is 0 Å². The minimum Gasteiger partial charge on any atom is -0.507 e. The fourth-order valence-corrected chi connectivity index (χ4v) is 7.62. The molecule has 0 unspecified atom stereocenters. The number of hydrogen-bond acceptors (Lipinski definition) is 4. The van der Waals surface area contributed by atoms with E-state index in [2.05, 4.69) is 126 Å². The summed E-state index contributed by atoms with van der Waals surface area (Å²) in [6.45, 7) is 15.1. The third-order valence-electron chi connectivity index (χ3n) is 9.97. The fraction of sp³-hybridized carbons (Fsp3) is 0.217. The van der Waals surface area contributed by atoms with Gasteiger partial charge in [0.05, 0.1) is 28.0 Å². The number of aromatic hydroxyl groups is 1. The van der Waals surface area contributed by atoms with Crippen LogP contribution in [-0.4, -0.2) is 19.6 Å². The first-order chi connectivity index (χ1) is 24.5. The van der Waals surface area contributed by atoms with Crippen LogP contribution in [0.1, 0.15) is 56.9 Å². The number of furan rings is 1. The molecule has 0 aliphatic carbocycles. The summed E-state index contributed by atoms with van der Waals surface area (Å²) in [6.07, 6.45) is 2.90. The van der Waals surface area contributed by atoms with Crippen molar-refractivity contribution in [2.45, 2.75) is 60.3 Å². The molecule has 8 aromatic rings. The summed E-state index contributed by atoms with van der Waals surface area (Å²) >= 11 is 0. The Morgan fingerprint density at radius 1 is 0.765 bits per heavy atom. The highest BCUT2D eigenvalue weighted by molar-refractivity contribution is 6.13. The molecule has 0 saturated heterocycles. The Bertz CT molecular complexity index is 2590. The lowest BCUT2D eigenvalue weighted by Crippen LogP contribution is -2.12. The SMILES string of the molecule is Cc1cccc(C)c1-n1c(-c2cccc(C(C)(C)C)c2O)nc2c(-c3cc(-c4cc(CC(C)C)ccn4)cc4c3oc3ccccc34)cccc21. The van der Waals surface area contributed by atoms with Crippen LogP contribution in [0.25, 0.3) is 72.4 Å². The summed E-state index contributed by atoms with van der Waals surface area (Å²) in [5, 5.41) is 14.0. The van der Waals surface area contributed by atoms with E-state index in [1.165, 1.54) is 5.56 Å². The highest BCUT2D eigenvalue weighted by Crippen LogP contribution is 2.45. The Hall–Kier alpha value is -5.68. The van der Waals surface area contributed by atoms with Crippen LogP contribution in [0.15, 0.2) is 114 Å². The number of hydrogen-bond donors (Lipinski definition) is 1. The van der Waals surface area contributed by atoms with Crippen molar-refractivity contribution in [1.29, 1.82) is 0 Å². The van der Waals surface area contributed by atoms with E-state index in [0.29, 0.717) is 17.3 Å². The number of fused-ring (bicyclic) bond motifs is 4. The highest BCUT2D eigenvalue weighted by atomic mass is 16.3. The molecule has 254 valence electrons. The number of imidazole rings is 1. The predicted octanol–water partition coefficient (Wildman–Crippen LogP) is 12.1. The molecule has 0 aliphatic heterocycles. The molecular formula is C46H43N3O2. The van der Waals surface area contributed by atoms with Crippen molar-refractivity contribution in [2.24, 2.45) is 5.92 Å². The Labute approximate surface area is 299 Å². The first-order valence-electron chi connectivity index (χ1n) is 17.8. The standard InChI is InChI=1S/C46H43N3O2/c1-27(2)23-30-21-22-47-38(24-30)31-25-35-32-15-8-9-20-40(32)51-44(35)36(26-31)33-16-12-19-39-41(33)48-45(49(39)42-28(3)13-10-14-29(42)4)34-17-11-18-37(43(34)50)46(5,6)7/h8-22,24-27,50H,23H2,1-7H3. The van der Waals surface area contributed by atoms with E-state index in [1.54, 1.807) is 0 Å². The minimum atomic E-state index is -0.255. The van der Waals surface area contributed by atoms with Crippen molar-refractivity contribution < 1.29 is 9.52 Å². The summed E-state index contributed by atoms with van der Waals surface area (Å²) in [7, 11) is 0. The second-order valence-corrected chi connectivity index (χ2v) is 15.3. The Morgan fingerprint density at radius 3 is 2.25 bits per heavy atom. The largest absolute Gasteiger partial charge is 0.507 e. The van der Waals surface area contributed by atoms with Crippen molar-refractivity contribution in [3.05, 3.63) is 132 Å². The van der Waals surface area contributed by atoms with Crippen molar-refractivity contribution in [2.75, 3.05) is 0 Å². The van der Waals surface area contributed by atoms with E-state index in [4.69, 9.17) is 14.4 Å². The number of nitrogens with zero attached hydrogens (tertiary/aromatic N) is 3. The summed E-state index contributed by atoms with van der Waals surface area (Å²) in [6, 6.07) is 35.7. The highest BCUT2D eigenvalue weighted by Gasteiger charge is 2.26. The van der Waals surface area contributed by atoms with E-state index >= 15 is 0 Å². The molecule has 0 amide bonds. The second kappa shape index (κ2) is 12.3. The van der Waals surface area contributed by atoms with Gasteiger partial charge in [0.25, 0.3) is 0 Å². The van der Waals surface area contributed by atoms with E-state index in [-0.39, 0.29) is 11.2 Å². The third kappa shape index (κ3) is 5.58. The van der Waals surface area contributed by atoms with Gasteiger partial charge in [0.15, 0.2) is 0 Å². The quantitative estimate of drug-likeness (QED) is 0.191. The number of rotatable bonds is 6. The molecule has 8 rings (SSSR count). The first kappa shape index (κ1) is 32.5. The molecule has 0 saturated carbocycles. The molecule has 51 heavy (non-hydrogen) atoms. The topological polar surface area (TPSA) is 64.1 Å². The zero-order valence-electron chi connectivity index (χ0n) is 30.4. The normalized spacial score (nSPS) is 12.2. The van der Waals surface area contributed by atoms with Crippen molar-refractivity contribution >= 4 is 33.0 Å². The van der Waals surface area contributed by atoms with Gasteiger partial charge in [-0.25, -0.2) is 4.98 Å². The Balaban J connectivity index is 1.46. The van der Waals surface area contributed by atoms with Gasteiger partial charge in [-0.3, -0.25) is 9.55 Å². The molecule has 3 heterocycles. The zero-order valence-corrected chi connectivity index (χ0v) is 30.4. The van der Waals surface area contributed by atoms with Gasteiger partial charge in [-0.2, -0.15) is 0 Å². The fourth-order valence-electron chi connectivity index (χ4n) is 7.62. The monoisotopic (exact) mass is 669 g/mol. The zero-order chi connectivity index (χ0) is 35.6. The molecule has 0 radical (unpaired) electrons. The molecular weight excluding hydrogens is 627 g/mol. The van der Waals surface area contributed by atoms with Crippen LogP contribution < -0.4 is 0 Å². The van der Waals surface area contributed by atoms with E-state index in [1.807, 2.05) is 36.5 Å². The van der Waals surface area contributed by atoms with Crippen LogP contribution in [0, 0.1) is 19.8 Å². The van der Waals surface area contributed by atoms with Gasteiger partial charge in [0.1, 0.15) is 22.7 Å². The summed E-state index contributed by atoms with van der Waals surface area (Å²) in [4.78, 5) is 10.3. The maximum absolute atomic E-state index is 11.9. The number of phenols is 1. The van der Waals surface area contributed by atoms with E-state index < -0.39 is 0 Å². The number of benzene rings is 5. The molecule has 0 fully saturated rings. The number of aryl methyl sites for hydroxylation is 2. The molecule has 3 aromatic heterocycles. The lowest BCUT2D eigenvalue weighted by molar-refractivity contribution is 0.448. The average Bonchev–Trinajstić information content (AvgIpc) is 3.66. The van der Waals surface area contributed by atoms with Gasteiger partial charge >= 0.3 is 0 Å². The van der Waals surface area contributed by atoms with Crippen LogP contribution >= 0.6 is 0 Å². The number of aromatic nitrogens is 3. The summed E-state index contributed by atoms with van der Waals surface area (Å²) in [5.41, 5.74) is 13.2. The number of para-hydroxylation sites is 4. The Kier molecular flexibility index (Phi) is 7.83. The van der Waals surface area contributed by atoms with Crippen LogP contribution in [0.2, 0.25) is 0 Å². The maximum atomic E-state index is 11.9. The summed E-state index contributed by atoms with van der Waals surface area (Å²) < 4.78 is 8.90. The summed E-state index contributed by atoms with van der Waals surface area (Å²) in [5.74, 6) is 1.49. The molecule has 5 aromatic carbocycles. The maximum Gasteiger partial charge on any atom is 0.149 e. The van der Waals surface area contributed by atoms with Gasteiger partial charge in [-0.1, -0.05) is 95.3 Å². The third-order valence-corrected chi connectivity index (χ3v) is 9.97. The molecule has 5 heteroatoms. The van der Waals surface area contributed by atoms with Crippen LogP contribution in [0.4, 0.5) is 0 Å². The molecule has 1 N–H and O–H groups in total. The molecule has 0 bridgehead atoms. The van der Waals surface area contributed by atoms with Crippen molar-refractivity contribution in [3.63, 3.8) is 0 Å². The lowest BCUT2D eigenvalue weighted by Gasteiger charge is -2.22. The lowest BCUT2D eigenvalue weighted by atomic mass is 9.85. The predicted molar refractivity (Wildman–Crippen MR) is 211 cm³/mol. The smallest absolute Gasteiger partial charge is 0.149 e. The van der Waals surface area contributed by atoms with Crippen LogP contribution in [0.5, 0.6) is 5.75 Å². The Morgan fingerprint density at radius 2 is 1.49 bits per heavy atom. The molecule has 0 atom stereocenters. The van der Waals surface area contributed by atoms with Gasteiger partial charge in [-0.15, -0.1) is 0 Å². The van der Waals surface area contributed by atoms with E-state index in [9.17, 15) is 5.11 Å². The van der Waals surface area contributed by atoms with Gasteiger partial charge in [0, 0.05) is 33.7 Å². The van der Waals surface area contributed by atoms with Crippen LogP contribution in [-0.2, 0) is 11.8 Å². The van der Waals surface area contributed by atoms with E-state index in [0.717, 1.165) is 84.2 Å². The van der Waals surface area contributed by atoms with Gasteiger partial charge < -0.3 is 9.52 Å². The van der Waals surface area contributed by atoms with Gasteiger partial charge in [0.2, 0.25) is 0 Å². The first-order valence-corrected chi connectivity index (χ1v) is 17.8. The van der Waals surface area contributed by atoms with Gasteiger partial charge in [-0.05, 0) is 96.3 Å². The average molecular weight is 670 g/mol. The minimum absolute atomic E-state index is 0.253.